The van der Waals surface area contributed by atoms with Crippen molar-refractivity contribution in [1.29, 1.82) is 0 Å². The van der Waals surface area contributed by atoms with E-state index in [9.17, 15) is 18.5 Å². The van der Waals surface area contributed by atoms with Crippen LogP contribution in [0.4, 0.5) is 5.69 Å². The largest absolute Gasteiger partial charge is 0.420 e. The number of sulfonamides is 1. The summed E-state index contributed by atoms with van der Waals surface area (Å²) >= 11 is 0. The Labute approximate surface area is 179 Å². The second-order valence-corrected chi connectivity index (χ2v) is 9.61. The Morgan fingerprint density at radius 2 is 1.84 bits per heavy atom. The smallest absolute Gasteiger partial charge is 0.269 e. The van der Waals surface area contributed by atoms with Gasteiger partial charge in [-0.3, -0.25) is 10.1 Å². The zero-order valence-corrected chi connectivity index (χ0v) is 18.0. The van der Waals surface area contributed by atoms with Crippen LogP contribution in [0, 0.1) is 24.0 Å². The molecular formula is C21H22N4O5S. The molecule has 0 saturated carbocycles. The van der Waals surface area contributed by atoms with Gasteiger partial charge in [-0.25, -0.2) is 8.42 Å². The Kier molecular flexibility index (Phi) is 5.59. The fourth-order valence-electron chi connectivity index (χ4n) is 3.81. The third-order valence-electron chi connectivity index (χ3n) is 5.50. The van der Waals surface area contributed by atoms with Gasteiger partial charge in [-0.1, -0.05) is 17.7 Å². The standard InChI is InChI=1S/C21H22N4O5S/c1-14-4-3-5-17(12-14)21-23-22-20(30-21)16-8-10-24(11-9-16)31(28,29)19-7-6-18(25(26)27)13-15(19)2/h3-7,12-13,16H,8-11H2,1-2H3. The molecule has 2 aromatic carbocycles. The number of non-ortho nitro benzene ring substituents is 1. The summed E-state index contributed by atoms with van der Waals surface area (Å²) in [6, 6.07) is 11.6. The number of nitro groups is 1. The van der Waals surface area contributed by atoms with Crippen molar-refractivity contribution in [1.82, 2.24) is 14.5 Å². The Morgan fingerprint density at radius 1 is 1.10 bits per heavy atom. The van der Waals surface area contributed by atoms with Gasteiger partial charge in [-0.15, -0.1) is 10.2 Å². The summed E-state index contributed by atoms with van der Waals surface area (Å²) in [4.78, 5) is 10.5. The maximum Gasteiger partial charge on any atom is 0.269 e. The Morgan fingerprint density at radius 3 is 2.48 bits per heavy atom. The van der Waals surface area contributed by atoms with Gasteiger partial charge in [0.15, 0.2) is 0 Å². The first kappa shape index (κ1) is 21.1. The number of rotatable bonds is 5. The van der Waals surface area contributed by atoms with Gasteiger partial charge in [0.25, 0.3) is 5.69 Å². The molecule has 0 aliphatic carbocycles. The molecule has 0 radical (unpaired) electrons. The molecule has 0 N–H and O–H groups in total. The van der Waals surface area contributed by atoms with Crippen LogP contribution in [0.5, 0.6) is 0 Å². The minimum absolute atomic E-state index is 0.0181. The molecule has 1 aliphatic rings. The minimum Gasteiger partial charge on any atom is -0.420 e. The van der Waals surface area contributed by atoms with E-state index in [0.717, 1.165) is 11.1 Å². The number of piperidine rings is 1. The minimum atomic E-state index is -3.74. The molecule has 31 heavy (non-hydrogen) atoms. The summed E-state index contributed by atoms with van der Waals surface area (Å²) in [5, 5.41) is 19.3. The van der Waals surface area contributed by atoms with E-state index >= 15 is 0 Å². The molecule has 4 rings (SSSR count). The molecule has 9 nitrogen and oxygen atoms in total. The van der Waals surface area contributed by atoms with Crippen LogP contribution in [0.15, 0.2) is 51.8 Å². The first-order chi connectivity index (χ1) is 14.8. The summed E-state index contributed by atoms with van der Waals surface area (Å²) in [6.07, 6.45) is 1.11. The van der Waals surface area contributed by atoms with Crippen molar-refractivity contribution in [2.75, 3.05) is 13.1 Å². The molecule has 1 aromatic heterocycles. The second kappa shape index (κ2) is 8.20. The van der Waals surface area contributed by atoms with Crippen molar-refractivity contribution in [2.45, 2.75) is 37.5 Å². The van der Waals surface area contributed by atoms with Gasteiger partial charge in [0.2, 0.25) is 21.8 Å². The van der Waals surface area contributed by atoms with Crippen molar-refractivity contribution < 1.29 is 17.8 Å². The van der Waals surface area contributed by atoms with Gasteiger partial charge in [0.05, 0.1) is 9.82 Å². The fraction of sp³-hybridized carbons (Fsp3) is 0.333. The lowest BCUT2D eigenvalue weighted by Gasteiger charge is -2.30. The summed E-state index contributed by atoms with van der Waals surface area (Å²) in [5.41, 5.74) is 2.18. The molecule has 0 atom stereocenters. The number of aromatic nitrogens is 2. The molecule has 1 fully saturated rings. The van der Waals surface area contributed by atoms with Crippen LogP contribution in [0.3, 0.4) is 0 Å². The highest BCUT2D eigenvalue weighted by Gasteiger charge is 2.33. The van der Waals surface area contributed by atoms with Crippen molar-refractivity contribution in [2.24, 2.45) is 0 Å². The van der Waals surface area contributed by atoms with Crippen LogP contribution < -0.4 is 0 Å². The van der Waals surface area contributed by atoms with Crippen LogP contribution in [0.2, 0.25) is 0 Å². The number of nitro benzene ring substituents is 1. The number of nitrogens with zero attached hydrogens (tertiary/aromatic N) is 4. The normalized spacial score (nSPS) is 15.8. The first-order valence-corrected chi connectivity index (χ1v) is 11.4. The van der Waals surface area contributed by atoms with E-state index in [1.165, 1.54) is 22.5 Å². The summed E-state index contributed by atoms with van der Waals surface area (Å²) in [7, 11) is -3.74. The predicted molar refractivity (Wildman–Crippen MR) is 113 cm³/mol. The summed E-state index contributed by atoms with van der Waals surface area (Å²) in [5.74, 6) is 0.950. The Hall–Kier alpha value is -3.11. The molecule has 0 bridgehead atoms. The van der Waals surface area contributed by atoms with E-state index in [-0.39, 0.29) is 16.5 Å². The van der Waals surface area contributed by atoms with E-state index in [2.05, 4.69) is 10.2 Å². The average molecular weight is 442 g/mol. The van der Waals surface area contributed by atoms with E-state index in [1.54, 1.807) is 6.92 Å². The highest BCUT2D eigenvalue weighted by Crippen LogP contribution is 2.33. The van der Waals surface area contributed by atoms with Crippen LogP contribution in [0.1, 0.15) is 35.8 Å². The average Bonchev–Trinajstić information content (AvgIpc) is 3.24. The molecule has 162 valence electrons. The molecule has 0 amide bonds. The maximum absolute atomic E-state index is 13.1. The van der Waals surface area contributed by atoms with Crippen LogP contribution in [0.25, 0.3) is 11.5 Å². The van der Waals surface area contributed by atoms with Gasteiger partial charge in [-0.05, 0) is 50.5 Å². The van der Waals surface area contributed by atoms with Crippen molar-refractivity contribution in [3.63, 3.8) is 0 Å². The lowest BCUT2D eigenvalue weighted by Crippen LogP contribution is -2.38. The fourth-order valence-corrected chi connectivity index (χ4v) is 5.49. The highest BCUT2D eigenvalue weighted by molar-refractivity contribution is 7.89. The van der Waals surface area contributed by atoms with Gasteiger partial charge in [0, 0.05) is 36.7 Å². The van der Waals surface area contributed by atoms with Crippen molar-refractivity contribution >= 4 is 15.7 Å². The van der Waals surface area contributed by atoms with Crippen LogP contribution >= 0.6 is 0 Å². The van der Waals surface area contributed by atoms with E-state index < -0.39 is 14.9 Å². The monoisotopic (exact) mass is 442 g/mol. The molecule has 0 spiro atoms. The number of aryl methyl sites for hydroxylation is 2. The van der Waals surface area contributed by atoms with E-state index in [1.807, 2.05) is 31.2 Å². The molecule has 2 heterocycles. The predicted octanol–water partition coefficient (Wildman–Crippen LogP) is 3.83. The van der Waals surface area contributed by atoms with Crippen LogP contribution in [-0.2, 0) is 10.0 Å². The van der Waals surface area contributed by atoms with Crippen molar-refractivity contribution in [3.05, 3.63) is 69.6 Å². The lowest BCUT2D eigenvalue weighted by atomic mass is 9.98. The van der Waals surface area contributed by atoms with E-state index in [4.69, 9.17) is 4.42 Å². The number of hydrogen-bond donors (Lipinski definition) is 0. The lowest BCUT2D eigenvalue weighted by molar-refractivity contribution is -0.385. The molecule has 1 aliphatic heterocycles. The SMILES string of the molecule is Cc1cccc(-c2nnc(C3CCN(S(=O)(=O)c4ccc([N+](=O)[O-])cc4C)CC3)o2)c1. The zero-order valence-electron chi connectivity index (χ0n) is 17.2. The number of benzene rings is 2. The third kappa shape index (κ3) is 4.21. The van der Waals surface area contributed by atoms with Crippen LogP contribution in [-0.4, -0.2) is 40.9 Å². The molecule has 1 saturated heterocycles. The van der Waals surface area contributed by atoms with Gasteiger partial charge in [-0.2, -0.15) is 4.31 Å². The topological polar surface area (TPSA) is 119 Å². The molecule has 0 unspecified atom stereocenters. The Balaban J connectivity index is 1.47. The molecule has 3 aromatic rings. The maximum atomic E-state index is 13.1. The Bertz CT molecular complexity index is 1230. The number of hydrogen-bond acceptors (Lipinski definition) is 7. The van der Waals surface area contributed by atoms with Gasteiger partial charge < -0.3 is 4.42 Å². The zero-order chi connectivity index (χ0) is 22.2. The van der Waals surface area contributed by atoms with E-state index in [0.29, 0.717) is 43.3 Å². The summed E-state index contributed by atoms with van der Waals surface area (Å²) < 4.78 is 33.4. The third-order valence-corrected chi connectivity index (χ3v) is 7.55. The second-order valence-electron chi connectivity index (χ2n) is 7.70. The molecular weight excluding hydrogens is 420 g/mol. The first-order valence-electron chi connectivity index (χ1n) is 9.91. The van der Waals surface area contributed by atoms with Gasteiger partial charge in [0.1, 0.15) is 0 Å². The summed E-state index contributed by atoms with van der Waals surface area (Å²) in [6.45, 7) is 4.18. The highest BCUT2D eigenvalue weighted by atomic mass is 32.2. The van der Waals surface area contributed by atoms with Gasteiger partial charge >= 0.3 is 0 Å². The quantitative estimate of drug-likeness (QED) is 0.435. The molecule has 10 heteroatoms. The van der Waals surface area contributed by atoms with Crippen molar-refractivity contribution in [3.8, 4) is 11.5 Å².